The maximum Gasteiger partial charge on any atom is 0.280 e. The van der Waals surface area contributed by atoms with Gasteiger partial charge in [-0.05, 0) is 58.8 Å². The molecule has 122 valence electrons. The van der Waals surface area contributed by atoms with Crippen LogP contribution in [0.2, 0.25) is 0 Å². The number of amides is 1. The van der Waals surface area contributed by atoms with Gasteiger partial charge in [0.05, 0.1) is 22.7 Å². The van der Waals surface area contributed by atoms with Crippen molar-refractivity contribution in [2.24, 2.45) is 5.10 Å². The zero-order chi connectivity index (χ0) is 17.3. The molecule has 0 unspecified atom stereocenters. The fraction of sp³-hybridized carbons (Fsp3) is 0.158. The van der Waals surface area contributed by atoms with Crippen LogP contribution in [0.1, 0.15) is 12.5 Å². The molecule has 3 rings (SSSR count). The van der Waals surface area contributed by atoms with Crippen LogP contribution in [-0.2, 0) is 4.79 Å². The monoisotopic (exact) mass is 383 g/mol. The second-order valence-electron chi connectivity index (χ2n) is 5.80. The van der Waals surface area contributed by atoms with Gasteiger partial charge >= 0.3 is 0 Å². The van der Waals surface area contributed by atoms with Gasteiger partial charge < -0.3 is 4.90 Å². The summed E-state index contributed by atoms with van der Waals surface area (Å²) < 4.78 is 0.988. The lowest BCUT2D eigenvalue weighted by Crippen LogP contribution is -2.21. The minimum Gasteiger partial charge on any atom is -0.377 e. The highest BCUT2D eigenvalue weighted by atomic mass is 79.9. The number of benzene rings is 2. The first-order valence-corrected chi connectivity index (χ1v) is 8.40. The molecule has 0 aromatic heterocycles. The topological polar surface area (TPSA) is 35.9 Å². The van der Waals surface area contributed by atoms with Crippen molar-refractivity contribution in [2.75, 3.05) is 24.0 Å². The molecule has 0 radical (unpaired) electrons. The Balaban J connectivity index is 1.93. The van der Waals surface area contributed by atoms with E-state index in [4.69, 9.17) is 0 Å². The van der Waals surface area contributed by atoms with Crippen LogP contribution in [-0.4, -0.2) is 25.7 Å². The molecule has 0 fully saturated rings. The van der Waals surface area contributed by atoms with E-state index in [2.05, 4.69) is 21.0 Å². The highest BCUT2D eigenvalue weighted by Crippen LogP contribution is 2.29. The largest absolute Gasteiger partial charge is 0.377 e. The number of rotatable bonds is 3. The number of halogens is 1. The third kappa shape index (κ3) is 3.12. The summed E-state index contributed by atoms with van der Waals surface area (Å²) in [7, 11) is 3.99. The van der Waals surface area contributed by atoms with E-state index in [-0.39, 0.29) is 5.91 Å². The van der Waals surface area contributed by atoms with Gasteiger partial charge in [-0.1, -0.05) is 24.3 Å². The van der Waals surface area contributed by atoms with Crippen LogP contribution in [0.15, 0.2) is 63.7 Å². The summed E-state index contributed by atoms with van der Waals surface area (Å²) in [6.07, 6.45) is 1.88. The second kappa shape index (κ2) is 6.61. The van der Waals surface area contributed by atoms with E-state index in [0.717, 1.165) is 27.1 Å². The molecular weight excluding hydrogens is 366 g/mol. The van der Waals surface area contributed by atoms with Crippen molar-refractivity contribution in [3.63, 3.8) is 0 Å². The van der Waals surface area contributed by atoms with Crippen molar-refractivity contribution >= 4 is 45.0 Å². The molecule has 1 aliphatic heterocycles. The fourth-order valence-corrected chi connectivity index (χ4v) is 3.32. The number of para-hydroxylation sites is 1. The van der Waals surface area contributed by atoms with E-state index in [0.29, 0.717) is 5.57 Å². The average Bonchev–Trinajstić information content (AvgIpc) is 2.83. The van der Waals surface area contributed by atoms with Crippen LogP contribution in [0.5, 0.6) is 0 Å². The molecule has 0 N–H and O–H groups in total. The second-order valence-corrected chi connectivity index (χ2v) is 6.66. The standard InChI is InChI=1S/C19H18BrN3O/c1-13-16(11-14-9-10-18(22(2)3)17(20)12-14)19(24)23(21-13)15-7-5-4-6-8-15/h4-12H,1-3H3. The van der Waals surface area contributed by atoms with E-state index in [1.54, 1.807) is 0 Å². The quantitative estimate of drug-likeness (QED) is 0.739. The molecule has 0 aliphatic carbocycles. The van der Waals surface area contributed by atoms with Crippen LogP contribution in [0, 0.1) is 0 Å². The van der Waals surface area contributed by atoms with Gasteiger partial charge in [-0.15, -0.1) is 0 Å². The van der Waals surface area contributed by atoms with Crippen LogP contribution >= 0.6 is 15.9 Å². The van der Waals surface area contributed by atoms with E-state index in [1.165, 1.54) is 5.01 Å². The van der Waals surface area contributed by atoms with Crippen LogP contribution in [0.3, 0.4) is 0 Å². The van der Waals surface area contributed by atoms with Crippen molar-refractivity contribution in [2.45, 2.75) is 6.92 Å². The minimum absolute atomic E-state index is 0.105. The van der Waals surface area contributed by atoms with E-state index < -0.39 is 0 Å². The molecule has 5 heteroatoms. The number of hydrogen-bond acceptors (Lipinski definition) is 3. The van der Waals surface area contributed by atoms with Crippen LogP contribution < -0.4 is 9.91 Å². The molecule has 0 spiro atoms. The number of anilines is 2. The minimum atomic E-state index is -0.105. The molecule has 2 aromatic carbocycles. The predicted octanol–water partition coefficient (Wildman–Crippen LogP) is 4.32. The Kier molecular flexibility index (Phi) is 4.53. The van der Waals surface area contributed by atoms with Gasteiger partial charge in [0, 0.05) is 18.6 Å². The molecule has 2 aromatic rings. The maximum absolute atomic E-state index is 12.7. The Hall–Kier alpha value is -2.40. The smallest absolute Gasteiger partial charge is 0.280 e. The lowest BCUT2D eigenvalue weighted by Gasteiger charge is -2.15. The Morgan fingerprint density at radius 1 is 1.12 bits per heavy atom. The molecule has 4 nitrogen and oxygen atoms in total. The van der Waals surface area contributed by atoms with Crippen LogP contribution in [0.25, 0.3) is 6.08 Å². The zero-order valence-corrected chi connectivity index (χ0v) is 15.4. The third-order valence-corrected chi connectivity index (χ3v) is 4.46. The highest BCUT2D eigenvalue weighted by molar-refractivity contribution is 9.10. The molecule has 1 aliphatic rings. The molecular formula is C19H18BrN3O. The molecule has 1 heterocycles. The van der Waals surface area contributed by atoms with Gasteiger partial charge in [0.25, 0.3) is 5.91 Å². The van der Waals surface area contributed by atoms with Gasteiger partial charge in [-0.25, -0.2) is 0 Å². The van der Waals surface area contributed by atoms with Crippen LogP contribution in [0.4, 0.5) is 11.4 Å². The normalized spacial score (nSPS) is 15.8. The Bertz CT molecular complexity index is 841. The van der Waals surface area contributed by atoms with Crippen molar-refractivity contribution in [3.05, 3.63) is 64.1 Å². The summed E-state index contributed by atoms with van der Waals surface area (Å²) in [5, 5.41) is 5.85. The summed E-state index contributed by atoms with van der Waals surface area (Å²) in [5.41, 5.74) is 4.15. The Morgan fingerprint density at radius 2 is 1.83 bits per heavy atom. The first-order chi connectivity index (χ1) is 11.5. The van der Waals surface area contributed by atoms with Gasteiger partial charge in [0.15, 0.2) is 0 Å². The van der Waals surface area contributed by atoms with E-state index in [1.807, 2.05) is 80.5 Å². The summed E-state index contributed by atoms with van der Waals surface area (Å²) in [6.45, 7) is 1.86. The van der Waals surface area contributed by atoms with E-state index >= 15 is 0 Å². The molecule has 0 saturated carbocycles. The van der Waals surface area contributed by atoms with Crippen molar-refractivity contribution in [1.29, 1.82) is 0 Å². The van der Waals surface area contributed by atoms with Crippen molar-refractivity contribution in [3.8, 4) is 0 Å². The summed E-state index contributed by atoms with van der Waals surface area (Å²) >= 11 is 3.58. The van der Waals surface area contributed by atoms with Gasteiger partial charge in [0.2, 0.25) is 0 Å². The number of hydrogen-bond donors (Lipinski definition) is 0. The highest BCUT2D eigenvalue weighted by Gasteiger charge is 2.28. The first kappa shape index (κ1) is 16.5. The Morgan fingerprint density at radius 3 is 2.46 bits per heavy atom. The molecule has 0 saturated heterocycles. The van der Waals surface area contributed by atoms with Gasteiger partial charge in [-0.2, -0.15) is 10.1 Å². The number of carbonyl (C=O) groups is 1. The SMILES string of the molecule is CC1=NN(c2ccccc2)C(=O)C1=Cc1ccc(N(C)C)c(Br)c1. The fourth-order valence-electron chi connectivity index (χ4n) is 2.57. The third-order valence-electron chi connectivity index (χ3n) is 3.83. The zero-order valence-electron chi connectivity index (χ0n) is 13.8. The first-order valence-electron chi connectivity index (χ1n) is 7.61. The summed E-state index contributed by atoms with van der Waals surface area (Å²) in [5.74, 6) is -0.105. The van der Waals surface area contributed by atoms with Gasteiger partial charge in [-0.3, -0.25) is 4.79 Å². The number of hydrazone groups is 1. The molecule has 24 heavy (non-hydrogen) atoms. The van der Waals surface area contributed by atoms with Gasteiger partial charge in [0.1, 0.15) is 0 Å². The molecule has 0 atom stereocenters. The van der Waals surface area contributed by atoms with Crippen molar-refractivity contribution in [1.82, 2.24) is 0 Å². The van der Waals surface area contributed by atoms with Crippen molar-refractivity contribution < 1.29 is 4.79 Å². The summed E-state index contributed by atoms with van der Waals surface area (Å²) in [6, 6.07) is 15.5. The average molecular weight is 384 g/mol. The van der Waals surface area contributed by atoms with E-state index in [9.17, 15) is 4.79 Å². The maximum atomic E-state index is 12.7. The molecule has 1 amide bonds. The predicted molar refractivity (Wildman–Crippen MR) is 103 cm³/mol. The summed E-state index contributed by atoms with van der Waals surface area (Å²) in [4.78, 5) is 14.7. The Labute approximate surface area is 150 Å². The lowest BCUT2D eigenvalue weighted by atomic mass is 10.1. The number of carbonyl (C=O) groups excluding carboxylic acids is 1. The number of nitrogens with zero attached hydrogens (tertiary/aromatic N) is 3. The molecule has 0 bridgehead atoms. The lowest BCUT2D eigenvalue weighted by molar-refractivity contribution is -0.114.